The Kier molecular flexibility index (Phi) is 4.27. The summed E-state index contributed by atoms with van der Waals surface area (Å²) in [6.07, 6.45) is 4.93. The molecule has 0 saturated carbocycles. The molecule has 4 N–H and O–H groups in total. The molecule has 0 fully saturated rings. The van der Waals surface area contributed by atoms with Crippen molar-refractivity contribution in [2.45, 2.75) is 19.9 Å². The van der Waals surface area contributed by atoms with Gasteiger partial charge in [0.15, 0.2) is 0 Å². The Labute approximate surface area is 117 Å². The SMILES string of the molecule is Cc1cc(NN)c(C(=O)NC(C)c2cccnc2)cn1. The fourth-order valence-electron chi connectivity index (χ4n) is 1.85. The van der Waals surface area contributed by atoms with Gasteiger partial charge in [-0.25, -0.2) is 0 Å². The number of aromatic nitrogens is 2. The van der Waals surface area contributed by atoms with Gasteiger partial charge in [-0.1, -0.05) is 6.07 Å². The average molecular weight is 271 g/mol. The van der Waals surface area contributed by atoms with Gasteiger partial charge in [0.2, 0.25) is 0 Å². The number of pyridine rings is 2. The molecule has 0 radical (unpaired) electrons. The predicted octanol–water partition coefficient (Wildman–Crippen LogP) is 1.56. The van der Waals surface area contributed by atoms with Crippen molar-refractivity contribution < 1.29 is 4.79 Å². The maximum atomic E-state index is 12.3. The van der Waals surface area contributed by atoms with Crippen LogP contribution >= 0.6 is 0 Å². The first-order valence-corrected chi connectivity index (χ1v) is 6.26. The number of nitrogen functional groups attached to an aromatic ring is 1. The van der Waals surface area contributed by atoms with Crippen LogP contribution in [0.2, 0.25) is 0 Å². The number of nitrogens with two attached hydrogens (primary N) is 1. The zero-order chi connectivity index (χ0) is 14.5. The van der Waals surface area contributed by atoms with Gasteiger partial charge >= 0.3 is 0 Å². The fourth-order valence-corrected chi connectivity index (χ4v) is 1.85. The highest BCUT2D eigenvalue weighted by molar-refractivity contribution is 5.99. The number of nitrogens with one attached hydrogen (secondary N) is 2. The number of hydrogen-bond acceptors (Lipinski definition) is 5. The Bertz CT molecular complexity index is 600. The van der Waals surface area contributed by atoms with Gasteiger partial charge in [-0.2, -0.15) is 0 Å². The van der Waals surface area contributed by atoms with Crippen LogP contribution in [0.5, 0.6) is 0 Å². The molecule has 2 rings (SSSR count). The van der Waals surface area contributed by atoms with Crippen LogP contribution in [0, 0.1) is 6.92 Å². The summed E-state index contributed by atoms with van der Waals surface area (Å²) in [5.41, 5.74) is 5.20. The Hall–Kier alpha value is -2.47. The molecule has 20 heavy (non-hydrogen) atoms. The molecule has 0 aliphatic carbocycles. The lowest BCUT2D eigenvalue weighted by molar-refractivity contribution is 0.0940. The number of nitrogens with zero attached hydrogens (tertiary/aromatic N) is 2. The summed E-state index contributed by atoms with van der Waals surface area (Å²) in [5.74, 6) is 5.20. The largest absolute Gasteiger partial charge is 0.345 e. The topological polar surface area (TPSA) is 92.9 Å². The van der Waals surface area contributed by atoms with E-state index in [9.17, 15) is 4.79 Å². The van der Waals surface area contributed by atoms with Crippen LogP contribution in [-0.4, -0.2) is 15.9 Å². The van der Waals surface area contributed by atoms with Gasteiger partial charge in [0.05, 0.1) is 17.3 Å². The van der Waals surface area contributed by atoms with Crippen LogP contribution in [0.15, 0.2) is 36.8 Å². The molecule has 2 heterocycles. The lowest BCUT2D eigenvalue weighted by Crippen LogP contribution is -2.28. The predicted molar refractivity (Wildman–Crippen MR) is 76.9 cm³/mol. The highest BCUT2D eigenvalue weighted by Crippen LogP contribution is 2.16. The summed E-state index contributed by atoms with van der Waals surface area (Å²) in [5, 5.41) is 2.89. The Morgan fingerprint density at radius 2 is 2.20 bits per heavy atom. The van der Waals surface area contributed by atoms with E-state index in [0.717, 1.165) is 11.3 Å². The van der Waals surface area contributed by atoms with Crippen molar-refractivity contribution in [1.82, 2.24) is 15.3 Å². The molecule has 6 nitrogen and oxygen atoms in total. The third-order valence-corrected chi connectivity index (χ3v) is 2.97. The molecule has 0 spiro atoms. The van der Waals surface area contributed by atoms with Gasteiger partial charge in [0, 0.05) is 24.3 Å². The highest BCUT2D eigenvalue weighted by Gasteiger charge is 2.15. The summed E-state index contributed by atoms with van der Waals surface area (Å²) >= 11 is 0. The molecule has 0 aliphatic heterocycles. The number of aryl methyl sites for hydroxylation is 1. The van der Waals surface area contributed by atoms with E-state index in [1.807, 2.05) is 26.0 Å². The molecule has 0 aromatic carbocycles. The van der Waals surface area contributed by atoms with Crippen molar-refractivity contribution in [3.63, 3.8) is 0 Å². The number of amides is 1. The van der Waals surface area contributed by atoms with E-state index in [1.165, 1.54) is 6.20 Å². The Balaban J connectivity index is 2.16. The molecular formula is C14H17N5O. The van der Waals surface area contributed by atoms with E-state index in [4.69, 9.17) is 5.84 Å². The molecule has 1 atom stereocenters. The van der Waals surface area contributed by atoms with Crippen LogP contribution in [0.25, 0.3) is 0 Å². The van der Waals surface area contributed by atoms with E-state index in [1.54, 1.807) is 18.5 Å². The number of rotatable bonds is 4. The second-order valence-corrected chi connectivity index (χ2v) is 4.50. The van der Waals surface area contributed by atoms with Crippen molar-refractivity contribution in [2.75, 3.05) is 5.43 Å². The molecule has 1 amide bonds. The van der Waals surface area contributed by atoms with Gasteiger partial charge in [0.25, 0.3) is 5.91 Å². The van der Waals surface area contributed by atoms with Crippen molar-refractivity contribution in [3.8, 4) is 0 Å². The minimum atomic E-state index is -0.234. The van der Waals surface area contributed by atoms with Crippen molar-refractivity contribution in [1.29, 1.82) is 0 Å². The zero-order valence-electron chi connectivity index (χ0n) is 11.4. The first-order valence-electron chi connectivity index (χ1n) is 6.26. The molecule has 0 aliphatic rings. The molecule has 2 aromatic heterocycles. The van der Waals surface area contributed by atoms with Crippen molar-refractivity contribution in [3.05, 3.63) is 53.6 Å². The maximum absolute atomic E-state index is 12.3. The van der Waals surface area contributed by atoms with Crippen molar-refractivity contribution in [2.24, 2.45) is 5.84 Å². The molecule has 0 saturated heterocycles. The summed E-state index contributed by atoms with van der Waals surface area (Å²) in [4.78, 5) is 20.4. The van der Waals surface area contributed by atoms with Crippen molar-refractivity contribution >= 4 is 11.6 Å². The second kappa shape index (κ2) is 6.12. The van der Waals surface area contributed by atoms with Gasteiger partial charge in [-0.3, -0.25) is 20.6 Å². The summed E-state index contributed by atoms with van der Waals surface area (Å²) in [6.45, 7) is 3.73. The van der Waals surface area contributed by atoms with Gasteiger partial charge in [-0.15, -0.1) is 0 Å². The third-order valence-electron chi connectivity index (χ3n) is 2.97. The minimum Gasteiger partial charge on any atom is -0.345 e. The monoisotopic (exact) mass is 271 g/mol. The van der Waals surface area contributed by atoms with Crippen LogP contribution in [0.4, 0.5) is 5.69 Å². The van der Waals surface area contributed by atoms with E-state index < -0.39 is 0 Å². The third kappa shape index (κ3) is 3.10. The van der Waals surface area contributed by atoms with Crippen LogP contribution in [0.3, 0.4) is 0 Å². The standard InChI is InChI=1S/C14H17N5O/c1-9-6-13(19-15)12(8-17-9)14(20)18-10(2)11-4-3-5-16-7-11/h3-8,10H,15H2,1-2H3,(H,17,19)(H,18,20). The van der Waals surface area contributed by atoms with Crippen LogP contribution < -0.4 is 16.6 Å². The Morgan fingerprint density at radius 1 is 1.40 bits per heavy atom. The maximum Gasteiger partial charge on any atom is 0.255 e. The summed E-state index contributed by atoms with van der Waals surface area (Å²) < 4.78 is 0. The molecule has 1 unspecified atom stereocenters. The lowest BCUT2D eigenvalue weighted by Gasteiger charge is -2.15. The minimum absolute atomic E-state index is 0.150. The van der Waals surface area contributed by atoms with Gasteiger partial charge < -0.3 is 10.7 Å². The number of carbonyl (C=O) groups excluding carboxylic acids is 1. The number of hydrogen-bond donors (Lipinski definition) is 3. The number of hydrazine groups is 1. The average Bonchev–Trinajstić information content (AvgIpc) is 2.47. The smallest absolute Gasteiger partial charge is 0.255 e. The molecule has 104 valence electrons. The van der Waals surface area contributed by atoms with E-state index in [0.29, 0.717) is 11.3 Å². The number of anilines is 1. The number of carbonyl (C=O) groups is 1. The van der Waals surface area contributed by atoms with E-state index >= 15 is 0 Å². The molecule has 2 aromatic rings. The quantitative estimate of drug-likeness (QED) is 0.579. The molecule has 0 bridgehead atoms. The van der Waals surface area contributed by atoms with Crippen LogP contribution in [-0.2, 0) is 0 Å². The normalized spacial score (nSPS) is 11.8. The first-order chi connectivity index (χ1) is 9.61. The van der Waals surface area contributed by atoms with E-state index in [2.05, 4.69) is 20.7 Å². The summed E-state index contributed by atoms with van der Waals surface area (Å²) in [6, 6.07) is 5.32. The van der Waals surface area contributed by atoms with E-state index in [-0.39, 0.29) is 11.9 Å². The second-order valence-electron chi connectivity index (χ2n) is 4.50. The van der Waals surface area contributed by atoms with Gasteiger partial charge in [-0.05, 0) is 31.5 Å². The Morgan fingerprint density at radius 3 is 2.85 bits per heavy atom. The summed E-state index contributed by atoms with van der Waals surface area (Å²) in [7, 11) is 0. The highest BCUT2D eigenvalue weighted by atomic mass is 16.1. The fraction of sp³-hybridized carbons (Fsp3) is 0.214. The molecular weight excluding hydrogens is 254 g/mol. The van der Waals surface area contributed by atoms with Gasteiger partial charge in [0.1, 0.15) is 0 Å². The lowest BCUT2D eigenvalue weighted by atomic mass is 10.1. The zero-order valence-corrected chi connectivity index (χ0v) is 11.4. The van der Waals surface area contributed by atoms with Crippen LogP contribution in [0.1, 0.15) is 34.6 Å². The molecule has 6 heteroatoms. The first kappa shape index (κ1) is 14.0.